The van der Waals surface area contributed by atoms with Gasteiger partial charge in [-0.15, -0.1) is 0 Å². The van der Waals surface area contributed by atoms with E-state index in [-0.39, 0.29) is 24.1 Å². The zero-order valence-corrected chi connectivity index (χ0v) is 13.8. The van der Waals surface area contributed by atoms with Gasteiger partial charge in [-0.1, -0.05) is 0 Å². The highest BCUT2D eigenvalue weighted by Gasteiger charge is 2.33. The predicted molar refractivity (Wildman–Crippen MR) is 86.2 cm³/mol. The summed E-state index contributed by atoms with van der Waals surface area (Å²) in [5.74, 6) is 0.497. The molecule has 11 heteroatoms. The van der Waals surface area contributed by atoms with Crippen molar-refractivity contribution in [2.45, 2.75) is 12.7 Å². The van der Waals surface area contributed by atoms with Gasteiger partial charge in [-0.2, -0.15) is 18.2 Å². The number of aromatic nitrogens is 5. The lowest BCUT2D eigenvalue weighted by Gasteiger charge is -2.11. The third-order valence-corrected chi connectivity index (χ3v) is 3.23. The van der Waals surface area contributed by atoms with E-state index in [0.29, 0.717) is 11.5 Å². The lowest BCUT2D eigenvalue weighted by molar-refractivity contribution is -0.141. The Labute approximate surface area is 146 Å². The van der Waals surface area contributed by atoms with Gasteiger partial charge in [0.1, 0.15) is 5.82 Å². The number of rotatable bonds is 5. The van der Waals surface area contributed by atoms with E-state index in [0.717, 1.165) is 6.07 Å². The normalized spacial score (nSPS) is 11.4. The largest absolute Gasteiger partial charge is 0.433 e. The smallest absolute Gasteiger partial charge is 0.361 e. The second-order valence-corrected chi connectivity index (χ2v) is 5.43. The number of pyridine rings is 1. The van der Waals surface area contributed by atoms with Gasteiger partial charge in [-0.3, -0.25) is 4.98 Å². The summed E-state index contributed by atoms with van der Waals surface area (Å²) in [5, 5.41) is 6.48. The highest BCUT2D eigenvalue weighted by molar-refractivity contribution is 5.57. The fourth-order valence-corrected chi connectivity index (χ4v) is 1.98. The van der Waals surface area contributed by atoms with Crippen LogP contribution in [0.15, 0.2) is 35.1 Å². The summed E-state index contributed by atoms with van der Waals surface area (Å²) >= 11 is 0. The summed E-state index contributed by atoms with van der Waals surface area (Å²) < 4.78 is 44.4. The summed E-state index contributed by atoms with van der Waals surface area (Å²) in [5.41, 5.74) is -0.636. The van der Waals surface area contributed by atoms with Crippen molar-refractivity contribution in [2.75, 3.05) is 24.3 Å². The predicted octanol–water partition coefficient (Wildman–Crippen LogP) is 2.62. The topological polar surface area (TPSA) is 92.9 Å². The minimum Gasteiger partial charge on any atom is -0.361 e. The van der Waals surface area contributed by atoms with E-state index in [9.17, 15) is 13.2 Å². The van der Waals surface area contributed by atoms with Crippen LogP contribution in [-0.4, -0.2) is 39.2 Å². The Morgan fingerprint density at radius 3 is 2.46 bits per heavy atom. The van der Waals surface area contributed by atoms with Crippen LogP contribution in [0.5, 0.6) is 0 Å². The first kappa shape index (κ1) is 17.6. The molecule has 0 saturated carbocycles. The molecule has 0 saturated heterocycles. The monoisotopic (exact) mass is 365 g/mol. The molecule has 3 aromatic heterocycles. The van der Waals surface area contributed by atoms with Gasteiger partial charge in [0.2, 0.25) is 5.89 Å². The molecule has 1 N–H and O–H groups in total. The van der Waals surface area contributed by atoms with Crippen molar-refractivity contribution < 1.29 is 17.7 Å². The van der Waals surface area contributed by atoms with Crippen molar-refractivity contribution >= 4 is 11.8 Å². The van der Waals surface area contributed by atoms with E-state index in [1.54, 1.807) is 19.0 Å². The number of alkyl halides is 3. The molecular formula is C15H14F3N7O. The Balaban J connectivity index is 1.87. The van der Waals surface area contributed by atoms with Crippen LogP contribution in [-0.2, 0) is 12.7 Å². The molecule has 0 radical (unpaired) electrons. The first-order valence-corrected chi connectivity index (χ1v) is 7.43. The van der Waals surface area contributed by atoms with Crippen LogP contribution in [0.1, 0.15) is 11.6 Å². The summed E-state index contributed by atoms with van der Waals surface area (Å²) in [6, 6.07) is 3.88. The van der Waals surface area contributed by atoms with Crippen molar-refractivity contribution in [3.05, 3.63) is 42.2 Å². The number of hydrogen-bond acceptors (Lipinski definition) is 8. The minimum atomic E-state index is -4.61. The van der Waals surface area contributed by atoms with Crippen molar-refractivity contribution in [1.82, 2.24) is 25.1 Å². The third kappa shape index (κ3) is 4.05. The fraction of sp³-hybridized carbons (Fsp3) is 0.267. The van der Waals surface area contributed by atoms with Gasteiger partial charge in [0, 0.05) is 38.1 Å². The van der Waals surface area contributed by atoms with Gasteiger partial charge < -0.3 is 14.7 Å². The molecule has 26 heavy (non-hydrogen) atoms. The first-order valence-electron chi connectivity index (χ1n) is 7.43. The molecule has 8 nitrogen and oxygen atoms in total. The van der Waals surface area contributed by atoms with Crippen LogP contribution in [0.3, 0.4) is 0 Å². The molecule has 0 spiro atoms. The van der Waals surface area contributed by atoms with E-state index >= 15 is 0 Å². The van der Waals surface area contributed by atoms with Gasteiger partial charge >= 0.3 is 6.18 Å². The molecule has 3 aromatic rings. The molecule has 0 aromatic carbocycles. The number of anilines is 2. The molecule has 3 rings (SSSR count). The lowest BCUT2D eigenvalue weighted by Crippen LogP contribution is -2.12. The van der Waals surface area contributed by atoms with Crippen molar-refractivity contribution in [1.29, 1.82) is 0 Å². The second kappa shape index (κ2) is 6.94. The Bertz CT molecular complexity index is 880. The summed E-state index contributed by atoms with van der Waals surface area (Å²) in [4.78, 5) is 17.3. The Kier molecular flexibility index (Phi) is 4.69. The lowest BCUT2D eigenvalue weighted by atomic mass is 10.2. The van der Waals surface area contributed by atoms with E-state index < -0.39 is 11.9 Å². The maximum Gasteiger partial charge on any atom is 0.433 e. The Morgan fingerprint density at radius 1 is 1.12 bits per heavy atom. The highest BCUT2D eigenvalue weighted by Crippen LogP contribution is 2.30. The van der Waals surface area contributed by atoms with Gasteiger partial charge in [-0.25, -0.2) is 9.97 Å². The highest BCUT2D eigenvalue weighted by atomic mass is 19.4. The molecule has 0 fully saturated rings. The zero-order valence-electron chi connectivity index (χ0n) is 13.8. The maximum absolute atomic E-state index is 13.1. The second-order valence-electron chi connectivity index (χ2n) is 5.43. The standard InChI is InChI=1S/C15H14F3N7O/c1-25(2)14-23-12(26-24-14)8-20-11-7-10(15(16,17)18)21-13(22-11)9-3-5-19-6-4-9/h3-7H,8H2,1-2H3,(H,20,21,22). The van der Waals surface area contributed by atoms with E-state index in [4.69, 9.17) is 4.52 Å². The fourth-order valence-electron chi connectivity index (χ4n) is 1.98. The molecule has 0 atom stereocenters. The molecule has 0 aliphatic heterocycles. The average molecular weight is 365 g/mol. The van der Waals surface area contributed by atoms with E-state index in [1.165, 1.54) is 24.5 Å². The van der Waals surface area contributed by atoms with Gasteiger partial charge in [0.15, 0.2) is 11.5 Å². The molecule has 0 bridgehead atoms. The van der Waals surface area contributed by atoms with E-state index in [1.807, 2.05) is 0 Å². The van der Waals surface area contributed by atoms with Gasteiger partial charge in [-0.05, 0) is 17.3 Å². The molecule has 3 heterocycles. The van der Waals surface area contributed by atoms with E-state index in [2.05, 4.69) is 30.4 Å². The van der Waals surface area contributed by atoms with Crippen LogP contribution in [0, 0.1) is 0 Å². The first-order chi connectivity index (χ1) is 12.3. The quantitative estimate of drug-likeness (QED) is 0.738. The molecule has 136 valence electrons. The average Bonchev–Trinajstić information content (AvgIpc) is 3.09. The van der Waals surface area contributed by atoms with Gasteiger partial charge in [0.05, 0.1) is 6.54 Å². The van der Waals surface area contributed by atoms with Crippen LogP contribution < -0.4 is 10.2 Å². The van der Waals surface area contributed by atoms with Crippen LogP contribution in [0.4, 0.5) is 24.9 Å². The van der Waals surface area contributed by atoms with Crippen LogP contribution in [0.25, 0.3) is 11.4 Å². The molecule has 0 amide bonds. The number of nitrogens with zero attached hydrogens (tertiary/aromatic N) is 6. The Hall–Kier alpha value is -3.24. The molecule has 0 aliphatic carbocycles. The molecule has 0 aliphatic rings. The van der Waals surface area contributed by atoms with Crippen LogP contribution >= 0.6 is 0 Å². The van der Waals surface area contributed by atoms with Crippen molar-refractivity contribution in [3.63, 3.8) is 0 Å². The molecular weight excluding hydrogens is 351 g/mol. The molecule has 0 unspecified atom stereocenters. The van der Waals surface area contributed by atoms with Gasteiger partial charge in [0.25, 0.3) is 5.95 Å². The Morgan fingerprint density at radius 2 is 1.85 bits per heavy atom. The summed E-state index contributed by atoms with van der Waals surface area (Å²) in [6.45, 7) is 0.0188. The third-order valence-electron chi connectivity index (χ3n) is 3.23. The maximum atomic E-state index is 13.1. The zero-order chi connectivity index (χ0) is 18.7. The van der Waals surface area contributed by atoms with Crippen molar-refractivity contribution in [2.24, 2.45) is 0 Å². The number of nitrogens with one attached hydrogen (secondary N) is 1. The number of halogens is 3. The SMILES string of the molecule is CN(C)c1noc(CNc2cc(C(F)(F)F)nc(-c3ccncc3)n2)n1. The number of hydrogen-bond donors (Lipinski definition) is 1. The minimum absolute atomic E-state index is 0.0104. The van der Waals surface area contributed by atoms with Crippen molar-refractivity contribution in [3.8, 4) is 11.4 Å². The summed E-state index contributed by atoms with van der Waals surface area (Å²) in [6.07, 6.45) is -1.70. The summed E-state index contributed by atoms with van der Waals surface area (Å²) in [7, 11) is 3.48. The van der Waals surface area contributed by atoms with Crippen LogP contribution in [0.2, 0.25) is 0 Å².